The van der Waals surface area contributed by atoms with Gasteiger partial charge in [-0.05, 0) is 102 Å². The first-order chi connectivity index (χ1) is 20.0. The minimum Gasteiger partial charge on any atom is -0.351 e. The van der Waals surface area contributed by atoms with E-state index in [9.17, 15) is 9.59 Å². The van der Waals surface area contributed by atoms with Gasteiger partial charge < -0.3 is 19.7 Å². The number of Topliss-reactive ketones (excluding diaryl/α,β-unsaturated/α-hetero) is 1. The van der Waals surface area contributed by atoms with Crippen LogP contribution in [0, 0.1) is 19.8 Å². The third kappa shape index (κ3) is 6.37. The summed E-state index contributed by atoms with van der Waals surface area (Å²) in [5.74, 6) is 0.983. The second-order valence-electron chi connectivity index (χ2n) is 13.5. The lowest BCUT2D eigenvalue weighted by Gasteiger charge is -2.32. The molecule has 1 aromatic carbocycles. The van der Waals surface area contributed by atoms with E-state index in [-0.39, 0.29) is 6.04 Å². The number of aryl methyl sites for hydroxylation is 2. The quantitative estimate of drug-likeness (QED) is 0.376. The summed E-state index contributed by atoms with van der Waals surface area (Å²) in [6.07, 6.45) is 4.15. The molecule has 3 fully saturated rings. The van der Waals surface area contributed by atoms with Crippen LogP contribution in [0.3, 0.4) is 0 Å². The van der Waals surface area contributed by atoms with Crippen molar-refractivity contribution in [1.82, 2.24) is 24.6 Å². The fourth-order valence-corrected chi connectivity index (χ4v) is 8.19. The summed E-state index contributed by atoms with van der Waals surface area (Å²) in [4.78, 5) is 38.5. The highest BCUT2D eigenvalue weighted by Gasteiger charge is 2.49. The number of hydrogen-bond acceptors (Lipinski definition) is 6. The van der Waals surface area contributed by atoms with Gasteiger partial charge >= 0.3 is 0 Å². The molecular weight excluding hydrogens is 542 g/mol. The molecule has 228 valence electrons. The smallest absolute Gasteiger partial charge is 0.209 e. The third-order valence-electron chi connectivity index (χ3n) is 9.51. The lowest BCUT2D eigenvalue weighted by atomic mass is 9.79. The first kappa shape index (κ1) is 30.9. The summed E-state index contributed by atoms with van der Waals surface area (Å²) in [5.41, 5.74) is 6.08. The van der Waals surface area contributed by atoms with E-state index in [1.165, 1.54) is 60.8 Å². The van der Waals surface area contributed by atoms with Crippen LogP contribution in [-0.2, 0) is 21.4 Å². The first-order valence-electron chi connectivity index (χ1n) is 15.5. The number of hydrogen-bond donors (Lipinski definition) is 1. The molecule has 0 aliphatic carbocycles. The number of carbonyl (C=O) groups excluding carboxylic acids is 2. The zero-order valence-corrected chi connectivity index (χ0v) is 27.4. The summed E-state index contributed by atoms with van der Waals surface area (Å²) in [6, 6.07) is 9.34. The highest BCUT2D eigenvalue weighted by Crippen LogP contribution is 2.44. The average molecular weight is 592 g/mol. The number of fused-ring (bicyclic) bond motifs is 3. The number of ketones is 1. The van der Waals surface area contributed by atoms with Gasteiger partial charge in [-0.3, -0.25) is 14.5 Å². The molecule has 0 saturated carbocycles. The van der Waals surface area contributed by atoms with E-state index < -0.39 is 5.41 Å². The number of H-pyrrole nitrogens is 1. The van der Waals surface area contributed by atoms with Crippen LogP contribution in [0.1, 0.15) is 48.3 Å². The number of nitrogens with zero attached hydrogens (tertiary/aromatic N) is 4. The lowest BCUT2D eigenvalue weighted by molar-refractivity contribution is -0.127. The Bertz CT molecular complexity index is 1370. The van der Waals surface area contributed by atoms with Gasteiger partial charge in [0.25, 0.3) is 0 Å². The predicted molar refractivity (Wildman–Crippen MR) is 175 cm³/mol. The van der Waals surface area contributed by atoms with Crippen LogP contribution in [-0.4, -0.2) is 110 Å². The Hall–Kier alpha value is -2.52. The molecule has 3 aromatic rings. The molecule has 1 atom stereocenters. The van der Waals surface area contributed by atoms with Gasteiger partial charge in [0, 0.05) is 57.1 Å². The Labute approximate surface area is 255 Å². The van der Waals surface area contributed by atoms with Crippen LogP contribution in [0.15, 0.2) is 24.3 Å². The standard InChI is InChI=1S/C31H42N4OS.C3H7NO/c1-20-16-21(2)18-23(17-20)27-24(8-9-34-14-12-33(5)13-15-34)25-19-26(37-30(25)32-27)31(3,4)29(36)28-22-6-10-35(28)11-7-22;1-4(2)3-5/h16-19,22,28,32H,6-15H2,1-5H3;3H,1-2H3. The Morgan fingerprint density at radius 1 is 1.02 bits per heavy atom. The number of nitrogens with one attached hydrogen (secondary N) is 1. The monoisotopic (exact) mass is 591 g/mol. The van der Waals surface area contributed by atoms with Gasteiger partial charge in [0.2, 0.25) is 6.41 Å². The second-order valence-corrected chi connectivity index (χ2v) is 14.5. The van der Waals surface area contributed by atoms with E-state index in [2.05, 4.69) is 78.7 Å². The normalized spacial score (nSPS) is 22.8. The van der Waals surface area contributed by atoms with Gasteiger partial charge in [-0.25, -0.2) is 0 Å². The van der Waals surface area contributed by atoms with E-state index in [0.717, 1.165) is 58.6 Å². The molecule has 6 rings (SSSR count). The van der Waals surface area contributed by atoms with Gasteiger partial charge in [-0.15, -0.1) is 11.3 Å². The molecule has 5 heterocycles. The molecule has 2 bridgehead atoms. The summed E-state index contributed by atoms with van der Waals surface area (Å²) in [6.45, 7) is 16.5. The van der Waals surface area contributed by atoms with E-state index in [1.807, 2.05) is 0 Å². The van der Waals surface area contributed by atoms with E-state index in [4.69, 9.17) is 0 Å². The summed E-state index contributed by atoms with van der Waals surface area (Å²) in [7, 11) is 5.59. The highest BCUT2D eigenvalue weighted by molar-refractivity contribution is 7.19. The topological polar surface area (TPSA) is 62.9 Å². The summed E-state index contributed by atoms with van der Waals surface area (Å²) >= 11 is 1.80. The molecule has 3 aliphatic heterocycles. The number of piperidine rings is 1. The molecule has 1 amide bonds. The maximum absolute atomic E-state index is 13.9. The second kappa shape index (κ2) is 12.6. The van der Waals surface area contributed by atoms with E-state index >= 15 is 0 Å². The molecule has 8 heteroatoms. The molecule has 3 saturated heterocycles. The molecule has 42 heavy (non-hydrogen) atoms. The number of aromatic nitrogens is 1. The molecule has 0 radical (unpaired) electrons. The lowest BCUT2D eigenvalue weighted by Crippen LogP contribution is -2.45. The first-order valence-corrected chi connectivity index (χ1v) is 16.3. The van der Waals surface area contributed by atoms with E-state index in [1.54, 1.807) is 25.4 Å². The Kier molecular flexibility index (Phi) is 9.28. The van der Waals surface area contributed by atoms with Gasteiger partial charge in [0.05, 0.1) is 17.2 Å². The molecular formula is C34H49N5O2S. The summed E-state index contributed by atoms with van der Waals surface area (Å²) < 4.78 is 0. The van der Waals surface area contributed by atoms with E-state index in [0.29, 0.717) is 11.7 Å². The molecule has 1 N–H and O–H groups in total. The number of piperazine rings is 1. The molecule has 7 nitrogen and oxygen atoms in total. The zero-order chi connectivity index (χ0) is 30.2. The predicted octanol–water partition coefficient (Wildman–Crippen LogP) is 4.95. The van der Waals surface area contributed by atoms with Crippen molar-refractivity contribution >= 4 is 33.7 Å². The van der Waals surface area contributed by atoms with Crippen molar-refractivity contribution in [3.05, 3.63) is 45.8 Å². The SMILES string of the molecule is CN(C)C=O.Cc1cc(C)cc(-c2[nH]c3sc(C(C)(C)C(=O)C4C5CCN4CC5)cc3c2CCN2CCN(C)CC2)c1. The van der Waals surface area contributed by atoms with Crippen LogP contribution < -0.4 is 0 Å². The van der Waals surface area contributed by atoms with Crippen molar-refractivity contribution in [2.45, 2.75) is 58.4 Å². The van der Waals surface area contributed by atoms with Gasteiger partial charge in [0.15, 0.2) is 5.78 Å². The fourth-order valence-electron chi connectivity index (χ4n) is 6.99. The third-order valence-corrected chi connectivity index (χ3v) is 10.9. The maximum Gasteiger partial charge on any atom is 0.209 e. The van der Waals surface area contributed by atoms with Crippen molar-refractivity contribution in [3.63, 3.8) is 0 Å². The zero-order valence-electron chi connectivity index (χ0n) is 26.6. The number of carbonyl (C=O) groups is 2. The van der Waals surface area contributed by atoms with Gasteiger partial charge in [-0.2, -0.15) is 0 Å². The summed E-state index contributed by atoms with van der Waals surface area (Å²) in [5, 5.41) is 1.32. The van der Waals surface area contributed by atoms with Crippen molar-refractivity contribution in [1.29, 1.82) is 0 Å². The molecule has 3 aliphatic rings. The fraction of sp³-hybridized carbons (Fsp3) is 0.588. The van der Waals surface area contributed by atoms with Crippen LogP contribution in [0.25, 0.3) is 21.5 Å². The van der Waals surface area contributed by atoms with Crippen molar-refractivity contribution < 1.29 is 9.59 Å². The number of rotatable bonds is 8. The number of benzene rings is 1. The number of thiophene rings is 1. The largest absolute Gasteiger partial charge is 0.351 e. The average Bonchev–Trinajstić information content (AvgIpc) is 3.72. The van der Waals surface area contributed by atoms with Crippen LogP contribution in [0.2, 0.25) is 0 Å². The maximum atomic E-state index is 13.9. The van der Waals surface area contributed by atoms with Crippen molar-refractivity contribution in [3.8, 4) is 11.3 Å². The minimum atomic E-state index is -0.463. The Balaban J connectivity index is 0.000000652. The minimum absolute atomic E-state index is 0.123. The van der Waals surface area contributed by atoms with Crippen molar-refractivity contribution in [2.75, 3.05) is 67.0 Å². The number of likely N-dealkylation sites (N-methyl/N-ethyl adjacent to an activating group) is 1. The highest BCUT2D eigenvalue weighted by atomic mass is 32.1. The van der Waals surface area contributed by atoms with Gasteiger partial charge in [0.1, 0.15) is 4.83 Å². The van der Waals surface area contributed by atoms with Gasteiger partial charge in [-0.1, -0.05) is 17.2 Å². The Morgan fingerprint density at radius 3 is 2.19 bits per heavy atom. The number of amides is 1. The van der Waals surface area contributed by atoms with Crippen LogP contribution in [0.4, 0.5) is 0 Å². The van der Waals surface area contributed by atoms with Crippen LogP contribution in [0.5, 0.6) is 0 Å². The molecule has 2 aromatic heterocycles. The Morgan fingerprint density at radius 2 is 1.64 bits per heavy atom. The number of aromatic amines is 1. The molecule has 0 spiro atoms. The van der Waals surface area contributed by atoms with Crippen molar-refractivity contribution in [2.24, 2.45) is 5.92 Å². The molecule has 1 unspecified atom stereocenters. The van der Waals surface area contributed by atoms with Crippen LogP contribution >= 0.6 is 11.3 Å².